The summed E-state index contributed by atoms with van der Waals surface area (Å²) >= 11 is 0. The number of urea groups is 1. The fraction of sp³-hybridized carbons (Fsp3) is 0.289. The number of likely N-dealkylation sites (N-methyl/N-ethyl adjacent to an activating group) is 1. The van der Waals surface area contributed by atoms with Crippen molar-refractivity contribution < 1.29 is 28.6 Å². The van der Waals surface area contributed by atoms with Gasteiger partial charge in [0, 0.05) is 44.1 Å². The number of para-hydroxylation sites is 1. The molecule has 0 N–H and O–H groups in total. The average Bonchev–Trinajstić information content (AvgIpc) is 3.34. The van der Waals surface area contributed by atoms with Gasteiger partial charge in [-0.05, 0) is 49.2 Å². The number of hydrogen-bond acceptors (Lipinski definition) is 6. The maximum atomic E-state index is 13.0. The molecule has 1 saturated heterocycles. The lowest BCUT2D eigenvalue weighted by atomic mass is 9.96. The lowest BCUT2D eigenvalue weighted by molar-refractivity contribution is -0.160. The molecule has 0 bridgehead atoms. The number of ketones is 1. The summed E-state index contributed by atoms with van der Waals surface area (Å²) in [6.45, 7) is 5.30. The first-order valence-corrected chi connectivity index (χ1v) is 15.6. The zero-order chi connectivity index (χ0) is 32.5. The van der Waals surface area contributed by atoms with Gasteiger partial charge in [0.1, 0.15) is 11.5 Å². The van der Waals surface area contributed by atoms with Gasteiger partial charge >= 0.3 is 12.0 Å². The zero-order valence-corrected chi connectivity index (χ0v) is 26.6. The number of benzene rings is 4. The SMILES string of the molecule is CCOC(=O)C(C)(Cc1ccc(OCCC2CN(Cc3ccc(C(=O)c4ccccc4)cc3)C(=O)N2C)cc1)Oc1ccccc1. The smallest absolute Gasteiger partial charge is 0.350 e. The Bertz CT molecular complexity index is 1610. The van der Waals surface area contributed by atoms with E-state index in [1.807, 2.05) is 109 Å². The molecule has 2 amide bonds. The molecule has 238 valence electrons. The number of rotatable bonds is 14. The second kappa shape index (κ2) is 14.8. The fourth-order valence-corrected chi connectivity index (χ4v) is 5.58. The number of ether oxygens (including phenoxy) is 3. The Kier molecular flexibility index (Phi) is 10.4. The van der Waals surface area contributed by atoms with Crippen molar-refractivity contribution in [2.24, 2.45) is 0 Å². The monoisotopic (exact) mass is 620 g/mol. The van der Waals surface area contributed by atoms with E-state index in [1.165, 1.54) is 0 Å². The highest BCUT2D eigenvalue weighted by molar-refractivity contribution is 6.08. The Morgan fingerprint density at radius 3 is 2.07 bits per heavy atom. The Balaban J connectivity index is 1.12. The molecule has 1 aliphatic rings. The van der Waals surface area contributed by atoms with Crippen LogP contribution < -0.4 is 9.47 Å². The standard InChI is InChI=1S/C38H40N2O6/c1-4-44-36(42)38(2,46-34-13-9-6-10-14-34)25-28-17-21-33(22-18-28)45-24-23-32-27-40(37(43)39(32)3)26-29-15-19-31(20-16-29)35(41)30-11-7-5-8-12-30/h5-22,32H,4,23-27H2,1-3H3. The van der Waals surface area contributed by atoms with Gasteiger partial charge < -0.3 is 24.0 Å². The molecule has 8 nitrogen and oxygen atoms in total. The molecule has 2 unspecified atom stereocenters. The van der Waals surface area contributed by atoms with Crippen LogP contribution in [0.15, 0.2) is 109 Å². The van der Waals surface area contributed by atoms with Crippen molar-refractivity contribution in [2.45, 2.75) is 44.9 Å². The minimum absolute atomic E-state index is 0.0196. The second-order valence-electron chi connectivity index (χ2n) is 11.6. The zero-order valence-electron chi connectivity index (χ0n) is 26.6. The van der Waals surface area contributed by atoms with Crippen LogP contribution in [-0.4, -0.2) is 66.0 Å². The Morgan fingerprint density at radius 1 is 0.804 bits per heavy atom. The quantitative estimate of drug-likeness (QED) is 0.117. The third kappa shape index (κ3) is 7.93. The van der Waals surface area contributed by atoms with Crippen LogP contribution >= 0.6 is 0 Å². The number of esters is 1. The summed E-state index contributed by atoms with van der Waals surface area (Å²) in [6.07, 6.45) is 1.01. The summed E-state index contributed by atoms with van der Waals surface area (Å²) in [4.78, 5) is 42.1. The first-order chi connectivity index (χ1) is 22.3. The van der Waals surface area contributed by atoms with E-state index in [4.69, 9.17) is 14.2 Å². The third-order valence-electron chi connectivity index (χ3n) is 8.15. The normalized spacial score (nSPS) is 15.7. The predicted octanol–water partition coefficient (Wildman–Crippen LogP) is 6.57. The van der Waals surface area contributed by atoms with E-state index in [-0.39, 0.29) is 24.5 Å². The van der Waals surface area contributed by atoms with Gasteiger partial charge in [-0.2, -0.15) is 0 Å². The van der Waals surface area contributed by atoms with E-state index in [2.05, 4.69) is 0 Å². The van der Waals surface area contributed by atoms with E-state index in [1.54, 1.807) is 30.9 Å². The van der Waals surface area contributed by atoms with Crippen LogP contribution in [0.5, 0.6) is 11.5 Å². The lowest BCUT2D eigenvalue weighted by Gasteiger charge is -2.28. The van der Waals surface area contributed by atoms with Crippen LogP contribution in [0.1, 0.15) is 47.3 Å². The predicted molar refractivity (Wildman–Crippen MR) is 176 cm³/mol. The maximum absolute atomic E-state index is 13.0. The van der Waals surface area contributed by atoms with E-state index >= 15 is 0 Å². The van der Waals surface area contributed by atoms with Crippen molar-refractivity contribution in [1.82, 2.24) is 9.80 Å². The molecule has 0 aliphatic carbocycles. The van der Waals surface area contributed by atoms with Crippen LogP contribution in [0.2, 0.25) is 0 Å². The summed E-state index contributed by atoms with van der Waals surface area (Å²) in [6, 6.07) is 33.5. The molecule has 1 heterocycles. The molecule has 4 aromatic carbocycles. The minimum atomic E-state index is -1.19. The largest absolute Gasteiger partial charge is 0.494 e. The Labute approximate surface area is 270 Å². The van der Waals surface area contributed by atoms with Crippen molar-refractivity contribution >= 4 is 17.8 Å². The van der Waals surface area contributed by atoms with Gasteiger partial charge in [-0.1, -0.05) is 84.9 Å². The van der Waals surface area contributed by atoms with Crippen molar-refractivity contribution in [2.75, 3.05) is 26.8 Å². The van der Waals surface area contributed by atoms with Gasteiger partial charge in [-0.25, -0.2) is 9.59 Å². The van der Waals surface area contributed by atoms with Crippen LogP contribution in [-0.2, 0) is 22.5 Å². The molecular weight excluding hydrogens is 580 g/mol. The maximum Gasteiger partial charge on any atom is 0.350 e. The number of hydrogen-bond donors (Lipinski definition) is 0. The summed E-state index contributed by atoms with van der Waals surface area (Å²) in [7, 11) is 1.82. The minimum Gasteiger partial charge on any atom is -0.494 e. The number of amides is 2. The number of carbonyl (C=O) groups is 3. The molecule has 8 heteroatoms. The lowest BCUT2D eigenvalue weighted by Crippen LogP contribution is -2.45. The van der Waals surface area contributed by atoms with Gasteiger partial charge in [-0.15, -0.1) is 0 Å². The molecule has 0 radical (unpaired) electrons. The first-order valence-electron chi connectivity index (χ1n) is 15.6. The van der Waals surface area contributed by atoms with Gasteiger partial charge in [0.05, 0.1) is 19.3 Å². The highest BCUT2D eigenvalue weighted by atomic mass is 16.6. The van der Waals surface area contributed by atoms with Crippen molar-refractivity contribution in [3.8, 4) is 11.5 Å². The molecule has 4 aromatic rings. The van der Waals surface area contributed by atoms with Gasteiger partial charge in [-0.3, -0.25) is 4.79 Å². The molecule has 5 rings (SSSR count). The Hall–Kier alpha value is -5.11. The third-order valence-corrected chi connectivity index (χ3v) is 8.15. The van der Waals surface area contributed by atoms with E-state index < -0.39 is 11.6 Å². The van der Waals surface area contributed by atoms with Crippen molar-refractivity contribution in [3.63, 3.8) is 0 Å². The van der Waals surface area contributed by atoms with Gasteiger partial charge in [0.25, 0.3) is 0 Å². The van der Waals surface area contributed by atoms with Crippen LogP contribution in [0.25, 0.3) is 0 Å². The van der Waals surface area contributed by atoms with Crippen LogP contribution in [0, 0.1) is 0 Å². The van der Waals surface area contributed by atoms with E-state index in [9.17, 15) is 14.4 Å². The molecule has 0 aromatic heterocycles. The highest BCUT2D eigenvalue weighted by Gasteiger charge is 2.38. The summed E-state index contributed by atoms with van der Waals surface area (Å²) < 4.78 is 17.5. The summed E-state index contributed by atoms with van der Waals surface area (Å²) in [5, 5.41) is 0. The number of carbonyl (C=O) groups excluding carboxylic acids is 3. The molecule has 2 atom stereocenters. The Morgan fingerprint density at radius 2 is 1.41 bits per heavy atom. The molecule has 0 saturated carbocycles. The van der Waals surface area contributed by atoms with Crippen molar-refractivity contribution in [1.29, 1.82) is 0 Å². The van der Waals surface area contributed by atoms with E-state index in [0.29, 0.717) is 55.2 Å². The van der Waals surface area contributed by atoms with Crippen LogP contribution in [0.3, 0.4) is 0 Å². The van der Waals surface area contributed by atoms with Gasteiger partial charge in [0.15, 0.2) is 5.78 Å². The fourth-order valence-electron chi connectivity index (χ4n) is 5.58. The molecule has 1 fully saturated rings. The van der Waals surface area contributed by atoms with Crippen LogP contribution in [0.4, 0.5) is 4.79 Å². The second-order valence-corrected chi connectivity index (χ2v) is 11.6. The summed E-state index contributed by atoms with van der Waals surface area (Å²) in [5.41, 5.74) is 1.96. The first kappa shape index (κ1) is 32.3. The molecule has 0 spiro atoms. The molecule has 1 aliphatic heterocycles. The average molecular weight is 621 g/mol. The van der Waals surface area contributed by atoms with E-state index in [0.717, 1.165) is 11.1 Å². The summed E-state index contributed by atoms with van der Waals surface area (Å²) in [5.74, 6) is 0.865. The topological polar surface area (TPSA) is 85.4 Å². The molecule has 46 heavy (non-hydrogen) atoms. The highest BCUT2D eigenvalue weighted by Crippen LogP contribution is 2.26. The number of nitrogens with zero attached hydrogens (tertiary/aromatic N) is 2. The van der Waals surface area contributed by atoms with Gasteiger partial charge in [0.2, 0.25) is 5.60 Å². The molecular formula is C38H40N2O6. The van der Waals surface area contributed by atoms with Crippen molar-refractivity contribution in [3.05, 3.63) is 131 Å².